The second-order valence-electron chi connectivity index (χ2n) is 5.99. The van der Waals surface area contributed by atoms with E-state index in [1.807, 2.05) is 37.2 Å². The van der Waals surface area contributed by atoms with Crippen LogP contribution in [0.5, 0.6) is 0 Å². The Balaban J connectivity index is 1.84. The van der Waals surface area contributed by atoms with Gasteiger partial charge >= 0.3 is 0 Å². The Morgan fingerprint density at radius 3 is 2.88 bits per heavy atom. The molecule has 0 saturated carbocycles. The summed E-state index contributed by atoms with van der Waals surface area (Å²) < 4.78 is 0. The highest BCUT2D eigenvalue weighted by atomic mass is 16.2. The van der Waals surface area contributed by atoms with Crippen LogP contribution in [0.4, 0.5) is 11.5 Å². The van der Waals surface area contributed by atoms with Gasteiger partial charge in [-0.25, -0.2) is 4.98 Å². The molecule has 7 heteroatoms. The minimum atomic E-state index is -0.150. The maximum atomic E-state index is 12.3. The average molecular weight is 339 g/mol. The average Bonchev–Trinajstić information content (AvgIpc) is 2.60. The van der Waals surface area contributed by atoms with E-state index in [2.05, 4.69) is 21.9 Å². The van der Waals surface area contributed by atoms with Crippen LogP contribution in [0.3, 0.4) is 0 Å². The van der Waals surface area contributed by atoms with E-state index in [1.165, 1.54) is 6.08 Å². The monoisotopic (exact) mass is 339 g/mol. The molecule has 130 valence electrons. The van der Waals surface area contributed by atoms with Gasteiger partial charge in [-0.1, -0.05) is 6.58 Å². The van der Waals surface area contributed by atoms with E-state index in [1.54, 1.807) is 17.3 Å². The van der Waals surface area contributed by atoms with Gasteiger partial charge in [-0.2, -0.15) is 0 Å². The summed E-state index contributed by atoms with van der Waals surface area (Å²) >= 11 is 0. The molecule has 1 fully saturated rings. The largest absolute Gasteiger partial charge is 0.373 e. The molecule has 0 aromatic carbocycles. The van der Waals surface area contributed by atoms with Gasteiger partial charge in [-0.3, -0.25) is 9.59 Å². The van der Waals surface area contributed by atoms with Crippen molar-refractivity contribution in [3.05, 3.63) is 53.6 Å². The number of carbonyl (C=O) groups excluding carboxylic acids is 1. The minimum Gasteiger partial charge on any atom is -0.373 e. The summed E-state index contributed by atoms with van der Waals surface area (Å²) in [7, 11) is 3.69. The van der Waals surface area contributed by atoms with Crippen LogP contribution in [0.1, 0.15) is 0 Å². The molecule has 1 aliphatic rings. The molecule has 3 rings (SSSR count). The highest BCUT2D eigenvalue weighted by Gasteiger charge is 2.33. The number of aromatic amines is 1. The molecular weight excluding hydrogens is 318 g/mol. The molecule has 0 unspecified atom stereocenters. The van der Waals surface area contributed by atoms with Gasteiger partial charge in [-0.05, 0) is 29.8 Å². The second-order valence-corrected chi connectivity index (χ2v) is 5.99. The summed E-state index contributed by atoms with van der Waals surface area (Å²) in [6.45, 7) is 4.67. The molecule has 0 bridgehead atoms. The Hall–Kier alpha value is -3.09. The molecule has 0 spiro atoms. The number of likely N-dealkylation sites (N-methyl/N-ethyl adjacent to an activating group) is 1. The molecule has 1 aliphatic heterocycles. The summed E-state index contributed by atoms with van der Waals surface area (Å²) in [4.78, 5) is 34.5. The standard InChI is InChI=1S/C18H21N5O2/c1-4-17(24)23-10-14(11-23)22(3)15-7-13(9-21-18(15)25)12-5-6-20-16(8-12)19-2/h4-9,14H,1,10-11H2,2-3H3,(H,19,20)(H,21,25). The molecule has 1 saturated heterocycles. The maximum Gasteiger partial charge on any atom is 0.271 e. The first-order valence-corrected chi connectivity index (χ1v) is 8.04. The van der Waals surface area contributed by atoms with Crippen LogP contribution in [-0.2, 0) is 4.79 Å². The smallest absolute Gasteiger partial charge is 0.271 e. The zero-order valence-corrected chi connectivity index (χ0v) is 14.3. The number of anilines is 2. The number of amides is 1. The lowest BCUT2D eigenvalue weighted by molar-refractivity contribution is -0.130. The van der Waals surface area contributed by atoms with Gasteiger partial charge in [0, 0.05) is 45.1 Å². The number of likely N-dealkylation sites (tertiary alicyclic amines) is 1. The van der Waals surface area contributed by atoms with Crippen molar-refractivity contribution in [3.63, 3.8) is 0 Å². The van der Waals surface area contributed by atoms with Crippen LogP contribution in [-0.4, -0.2) is 54.0 Å². The third-order valence-corrected chi connectivity index (χ3v) is 4.51. The first-order valence-electron chi connectivity index (χ1n) is 8.04. The van der Waals surface area contributed by atoms with Gasteiger partial charge in [0.25, 0.3) is 5.56 Å². The molecule has 0 atom stereocenters. The molecule has 0 aliphatic carbocycles. The van der Waals surface area contributed by atoms with Gasteiger partial charge in [0.15, 0.2) is 0 Å². The molecule has 1 amide bonds. The highest BCUT2D eigenvalue weighted by molar-refractivity contribution is 5.87. The normalized spacial score (nSPS) is 13.9. The van der Waals surface area contributed by atoms with E-state index in [0.717, 1.165) is 16.9 Å². The van der Waals surface area contributed by atoms with Crippen LogP contribution in [0.2, 0.25) is 0 Å². The fourth-order valence-corrected chi connectivity index (χ4v) is 2.85. The molecular formula is C18H21N5O2. The fourth-order valence-electron chi connectivity index (χ4n) is 2.85. The Morgan fingerprint density at radius 2 is 2.20 bits per heavy atom. The molecule has 25 heavy (non-hydrogen) atoms. The van der Waals surface area contributed by atoms with Crippen molar-refractivity contribution < 1.29 is 4.79 Å². The number of H-pyrrole nitrogens is 1. The first kappa shape index (κ1) is 16.8. The van der Waals surface area contributed by atoms with Crippen LogP contribution in [0.25, 0.3) is 11.1 Å². The molecule has 2 aromatic heterocycles. The Kier molecular flexibility index (Phi) is 4.56. The summed E-state index contributed by atoms with van der Waals surface area (Å²) in [6, 6.07) is 5.80. The number of pyridine rings is 2. The van der Waals surface area contributed by atoms with Crippen LogP contribution in [0, 0.1) is 0 Å². The zero-order chi connectivity index (χ0) is 18.0. The van der Waals surface area contributed by atoms with E-state index >= 15 is 0 Å². The van der Waals surface area contributed by atoms with Crippen molar-refractivity contribution in [2.24, 2.45) is 0 Å². The van der Waals surface area contributed by atoms with Crippen molar-refractivity contribution in [2.45, 2.75) is 6.04 Å². The number of hydrogen-bond donors (Lipinski definition) is 2. The summed E-state index contributed by atoms with van der Waals surface area (Å²) in [6.07, 6.45) is 4.73. The quantitative estimate of drug-likeness (QED) is 0.803. The summed E-state index contributed by atoms with van der Waals surface area (Å²) in [5.74, 6) is 0.680. The van der Waals surface area contributed by atoms with Gasteiger partial charge in [0.1, 0.15) is 11.5 Å². The number of nitrogens with one attached hydrogen (secondary N) is 2. The Labute approximate surface area is 146 Å². The second kappa shape index (κ2) is 6.80. The number of aromatic nitrogens is 2. The zero-order valence-electron chi connectivity index (χ0n) is 14.3. The van der Waals surface area contributed by atoms with Crippen molar-refractivity contribution >= 4 is 17.4 Å². The summed E-state index contributed by atoms with van der Waals surface area (Å²) in [5.41, 5.74) is 2.29. The minimum absolute atomic E-state index is 0.0799. The summed E-state index contributed by atoms with van der Waals surface area (Å²) in [5, 5.41) is 3.00. The Bertz CT molecular complexity index is 855. The number of nitrogens with zero attached hydrogens (tertiary/aromatic N) is 3. The predicted octanol–water partition coefficient (Wildman–Crippen LogP) is 1.31. The van der Waals surface area contributed by atoms with Crippen LogP contribution in [0.15, 0.2) is 48.0 Å². The van der Waals surface area contributed by atoms with E-state index in [-0.39, 0.29) is 17.5 Å². The lowest BCUT2D eigenvalue weighted by Gasteiger charge is -2.44. The van der Waals surface area contributed by atoms with Crippen molar-refractivity contribution in [3.8, 4) is 11.1 Å². The van der Waals surface area contributed by atoms with Gasteiger partial charge in [0.05, 0.1) is 6.04 Å². The molecule has 0 radical (unpaired) electrons. The van der Waals surface area contributed by atoms with Gasteiger partial charge in [0.2, 0.25) is 5.91 Å². The van der Waals surface area contributed by atoms with Crippen molar-refractivity contribution in [1.82, 2.24) is 14.9 Å². The van der Waals surface area contributed by atoms with E-state index in [4.69, 9.17) is 0 Å². The van der Waals surface area contributed by atoms with Crippen molar-refractivity contribution in [1.29, 1.82) is 0 Å². The number of hydrogen-bond acceptors (Lipinski definition) is 5. The molecule has 7 nitrogen and oxygen atoms in total. The third kappa shape index (κ3) is 3.26. The predicted molar refractivity (Wildman–Crippen MR) is 98.8 cm³/mol. The number of carbonyl (C=O) groups is 1. The highest BCUT2D eigenvalue weighted by Crippen LogP contribution is 2.25. The fraction of sp³-hybridized carbons (Fsp3) is 0.278. The molecule has 2 aromatic rings. The first-order chi connectivity index (χ1) is 12.0. The maximum absolute atomic E-state index is 12.3. The lowest BCUT2D eigenvalue weighted by atomic mass is 10.1. The van der Waals surface area contributed by atoms with Crippen molar-refractivity contribution in [2.75, 3.05) is 37.4 Å². The molecule has 3 heterocycles. The number of rotatable bonds is 5. The van der Waals surface area contributed by atoms with E-state index in [0.29, 0.717) is 18.8 Å². The van der Waals surface area contributed by atoms with Crippen LogP contribution >= 0.6 is 0 Å². The third-order valence-electron chi connectivity index (χ3n) is 4.51. The van der Waals surface area contributed by atoms with Gasteiger partial charge in [-0.15, -0.1) is 0 Å². The SMILES string of the molecule is C=CC(=O)N1CC(N(C)c2cc(-c3ccnc(NC)c3)c[nH]c2=O)C1. The molecule has 2 N–H and O–H groups in total. The van der Waals surface area contributed by atoms with Gasteiger partial charge < -0.3 is 20.1 Å². The van der Waals surface area contributed by atoms with Crippen LogP contribution < -0.4 is 15.8 Å². The topological polar surface area (TPSA) is 81.3 Å². The van der Waals surface area contributed by atoms with E-state index in [9.17, 15) is 9.59 Å². The lowest BCUT2D eigenvalue weighted by Crippen LogP contribution is -2.60. The Morgan fingerprint density at radius 1 is 1.44 bits per heavy atom. The van der Waals surface area contributed by atoms with E-state index < -0.39 is 0 Å².